The van der Waals surface area contributed by atoms with Crippen LogP contribution in [0.1, 0.15) is 136 Å². The van der Waals surface area contributed by atoms with Crippen molar-refractivity contribution >= 4 is 5.91 Å². The van der Waals surface area contributed by atoms with Crippen molar-refractivity contribution in [1.29, 1.82) is 0 Å². The van der Waals surface area contributed by atoms with Gasteiger partial charge in [-0.25, -0.2) is 0 Å². The summed E-state index contributed by atoms with van der Waals surface area (Å²) in [5.41, 5.74) is 0. The molecule has 40 heavy (non-hydrogen) atoms. The highest BCUT2D eigenvalue weighted by molar-refractivity contribution is 5.76. The molecule has 6 N–H and O–H groups in total. The maximum atomic E-state index is 12.7. The number of rotatable bonds is 25. The van der Waals surface area contributed by atoms with Crippen LogP contribution in [-0.4, -0.2) is 87.5 Å². The highest BCUT2D eigenvalue weighted by atomic mass is 16.7. The molecule has 0 radical (unpaired) electrons. The minimum atomic E-state index is -1.54. The molecule has 1 saturated heterocycles. The summed E-state index contributed by atoms with van der Waals surface area (Å²) in [5, 5.41) is 53.4. The van der Waals surface area contributed by atoms with E-state index in [1.54, 1.807) is 0 Å². The van der Waals surface area contributed by atoms with E-state index in [1.165, 1.54) is 57.8 Å². The van der Waals surface area contributed by atoms with Crippen LogP contribution in [0, 0.1) is 0 Å². The van der Waals surface area contributed by atoms with E-state index in [1.807, 2.05) is 0 Å². The zero-order valence-electron chi connectivity index (χ0n) is 25.4. The van der Waals surface area contributed by atoms with Gasteiger partial charge in [-0.05, 0) is 12.8 Å². The first-order chi connectivity index (χ1) is 19.3. The Balaban J connectivity index is 2.43. The van der Waals surface area contributed by atoms with Crippen LogP contribution < -0.4 is 5.32 Å². The van der Waals surface area contributed by atoms with Gasteiger partial charge in [-0.15, -0.1) is 0 Å². The quantitative estimate of drug-likeness (QED) is 0.0892. The van der Waals surface area contributed by atoms with Crippen LogP contribution in [0.4, 0.5) is 0 Å². The number of carbonyl (C=O) groups excluding carboxylic acids is 1. The summed E-state index contributed by atoms with van der Waals surface area (Å²) in [4.78, 5) is 12.7. The van der Waals surface area contributed by atoms with Crippen LogP contribution in [0.25, 0.3) is 0 Å². The molecule has 9 nitrogen and oxygen atoms in total. The van der Waals surface area contributed by atoms with Gasteiger partial charge in [0.15, 0.2) is 6.29 Å². The van der Waals surface area contributed by atoms with Crippen molar-refractivity contribution in [3.05, 3.63) is 0 Å². The van der Waals surface area contributed by atoms with E-state index in [4.69, 9.17) is 9.47 Å². The first-order valence-corrected chi connectivity index (χ1v) is 16.2. The first kappa shape index (κ1) is 37.2. The number of amides is 1. The second kappa shape index (κ2) is 23.7. The molecule has 1 amide bonds. The largest absolute Gasteiger partial charge is 0.394 e. The summed E-state index contributed by atoms with van der Waals surface area (Å²) < 4.78 is 11.1. The van der Waals surface area contributed by atoms with Gasteiger partial charge in [0.25, 0.3) is 0 Å². The Bertz CT molecular complexity index is 608. The topological polar surface area (TPSA) is 149 Å². The van der Waals surface area contributed by atoms with E-state index in [2.05, 4.69) is 19.2 Å². The number of hydrogen-bond donors (Lipinski definition) is 6. The monoisotopic (exact) mass is 575 g/mol. The van der Waals surface area contributed by atoms with Gasteiger partial charge in [-0.1, -0.05) is 117 Å². The number of unbranched alkanes of at least 4 members (excludes halogenated alkanes) is 15. The second-order valence-corrected chi connectivity index (χ2v) is 11.6. The van der Waals surface area contributed by atoms with Crippen LogP contribution in [0.15, 0.2) is 0 Å². The lowest BCUT2D eigenvalue weighted by Crippen LogP contribution is -2.60. The average molecular weight is 576 g/mol. The third kappa shape index (κ3) is 16.0. The standard InChI is InChI=1S/C31H61NO8/c1-3-5-7-9-10-11-12-13-14-15-17-19-21-27(35)32-24(25(34)20-18-16-8-6-4-2)23-39-31-30(38)29(37)28(36)26(22-33)40-31/h24-26,28-31,33-34,36-38H,3-23H2,1-2H3,(H,32,35). The molecule has 238 valence electrons. The van der Waals surface area contributed by atoms with Gasteiger partial charge in [0.2, 0.25) is 5.91 Å². The Hall–Kier alpha value is -0.810. The highest BCUT2D eigenvalue weighted by Gasteiger charge is 2.44. The fraction of sp³-hybridized carbons (Fsp3) is 0.968. The number of ether oxygens (including phenoxy) is 2. The van der Waals surface area contributed by atoms with Crippen molar-refractivity contribution in [2.45, 2.75) is 179 Å². The maximum Gasteiger partial charge on any atom is 0.220 e. The smallest absolute Gasteiger partial charge is 0.220 e. The van der Waals surface area contributed by atoms with E-state index in [0.717, 1.165) is 51.4 Å². The number of aliphatic hydroxyl groups excluding tert-OH is 5. The van der Waals surface area contributed by atoms with Crippen molar-refractivity contribution in [2.24, 2.45) is 0 Å². The molecule has 0 aromatic heterocycles. The Kier molecular flexibility index (Phi) is 22.1. The van der Waals surface area contributed by atoms with Crippen LogP contribution in [0.2, 0.25) is 0 Å². The maximum absolute atomic E-state index is 12.7. The van der Waals surface area contributed by atoms with Gasteiger partial charge >= 0.3 is 0 Å². The van der Waals surface area contributed by atoms with Crippen LogP contribution in [0.3, 0.4) is 0 Å². The molecule has 0 spiro atoms. The zero-order chi connectivity index (χ0) is 29.6. The fourth-order valence-electron chi connectivity index (χ4n) is 5.22. The number of nitrogens with one attached hydrogen (secondary N) is 1. The summed E-state index contributed by atoms with van der Waals surface area (Å²) in [5.74, 6) is -0.153. The molecule has 1 heterocycles. The van der Waals surface area contributed by atoms with Gasteiger partial charge in [-0.2, -0.15) is 0 Å². The molecule has 0 aliphatic carbocycles. The summed E-state index contributed by atoms with van der Waals surface area (Å²) in [7, 11) is 0. The SMILES string of the molecule is CCCCCCCCCCCCCCC(=O)NC(COC1OC(CO)C(O)C(O)C1O)C(O)CCCCCCC. The molecule has 9 heteroatoms. The first-order valence-electron chi connectivity index (χ1n) is 16.2. The molecule has 1 fully saturated rings. The molecule has 1 aliphatic rings. The zero-order valence-corrected chi connectivity index (χ0v) is 25.4. The molecule has 7 unspecified atom stereocenters. The normalized spacial score (nSPS) is 24.6. The fourth-order valence-corrected chi connectivity index (χ4v) is 5.22. The van der Waals surface area contributed by atoms with Gasteiger partial charge < -0.3 is 40.3 Å². The molecular formula is C31H61NO8. The molecule has 0 saturated carbocycles. The molecule has 0 bridgehead atoms. The summed E-state index contributed by atoms with van der Waals surface area (Å²) in [6.07, 6.45) is 13.0. The average Bonchev–Trinajstić information content (AvgIpc) is 2.95. The van der Waals surface area contributed by atoms with E-state index >= 15 is 0 Å². The van der Waals surface area contributed by atoms with Crippen molar-refractivity contribution in [2.75, 3.05) is 13.2 Å². The Morgan fingerprint density at radius 3 is 1.77 bits per heavy atom. The van der Waals surface area contributed by atoms with Gasteiger partial charge in [-0.3, -0.25) is 4.79 Å². The molecular weight excluding hydrogens is 514 g/mol. The van der Waals surface area contributed by atoms with E-state index in [-0.39, 0.29) is 12.5 Å². The third-order valence-corrected chi connectivity index (χ3v) is 7.96. The molecule has 7 atom stereocenters. The predicted octanol–water partition coefficient (Wildman–Crippen LogP) is 4.10. The van der Waals surface area contributed by atoms with Crippen molar-refractivity contribution in [3.63, 3.8) is 0 Å². The van der Waals surface area contributed by atoms with E-state index < -0.39 is 49.5 Å². The summed E-state index contributed by atoms with van der Waals surface area (Å²) in [6.45, 7) is 3.70. The molecule has 0 aromatic carbocycles. The molecule has 1 aliphatic heterocycles. The lowest BCUT2D eigenvalue weighted by Gasteiger charge is -2.40. The van der Waals surface area contributed by atoms with Crippen molar-refractivity contribution in [1.82, 2.24) is 5.32 Å². The lowest BCUT2D eigenvalue weighted by molar-refractivity contribution is -0.302. The second-order valence-electron chi connectivity index (χ2n) is 11.6. The predicted molar refractivity (Wildman–Crippen MR) is 157 cm³/mol. The molecule has 1 rings (SSSR count). The number of aliphatic hydroxyl groups is 5. The van der Waals surface area contributed by atoms with E-state index in [0.29, 0.717) is 12.8 Å². The van der Waals surface area contributed by atoms with Crippen molar-refractivity contribution < 1.29 is 39.8 Å². The Labute approximate surface area is 243 Å². The van der Waals surface area contributed by atoms with Gasteiger partial charge in [0.1, 0.15) is 24.4 Å². The lowest BCUT2D eigenvalue weighted by atomic mass is 9.99. The van der Waals surface area contributed by atoms with Gasteiger partial charge in [0.05, 0.1) is 25.4 Å². The summed E-state index contributed by atoms with van der Waals surface area (Å²) >= 11 is 0. The van der Waals surface area contributed by atoms with Gasteiger partial charge in [0, 0.05) is 6.42 Å². The Morgan fingerprint density at radius 2 is 1.25 bits per heavy atom. The van der Waals surface area contributed by atoms with Crippen LogP contribution in [-0.2, 0) is 14.3 Å². The van der Waals surface area contributed by atoms with Crippen LogP contribution >= 0.6 is 0 Å². The van der Waals surface area contributed by atoms with Crippen LogP contribution in [0.5, 0.6) is 0 Å². The van der Waals surface area contributed by atoms with E-state index in [9.17, 15) is 30.3 Å². The number of hydrogen-bond acceptors (Lipinski definition) is 8. The highest BCUT2D eigenvalue weighted by Crippen LogP contribution is 2.22. The Morgan fingerprint density at radius 1 is 0.750 bits per heavy atom. The third-order valence-electron chi connectivity index (χ3n) is 7.96. The minimum absolute atomic E-state index is 0.136. The van der Waals surface area contributed by atoms with Crippen molar-refractivity contribution in [3.8, 4) is 0 Å². The molecule has 0 aromatic rings. The minimum Gasteiger partial charge on any atom is -0.394 e. The summed E-state index contributed by atoms with van der Waals surface area (Å²) in [6, 6.07) is -0.705. The number of carbonyl (C=O) groups is 1.